The Morgan fingerprint density at radius 2 is 2.15 bits per heavy atom. The minimum Gasteiger partial charge on any atom is -0.385 e. The van der Waals surface area contributed by atoms with Gasteiger partial charge in [0.05, 0.1) is 0 Å². The van der Waals surface area contributed by atoms with Crippen molar-refractivity contribution in [3.63, 3.8) is 0 Å². The first-order valence-electron chi connectivity index (χ1n) is 6.83. The molecule has 108 valence electrons. The number of nitrogens with one attached hydrogen (secondary N) is 1. The lowest BCUT2D eigenvalue weighted by molar-refractivity contribution is 0.192. The van der Waals surface area contributed by atoms with E-state index >= 15 is 0 Å². The number of halogens is 1. The molecule has 1 aromatic heterocycles. The molecule has 2 nitrogen and oxygen atoms in total. The van der Waals surface area contributed by atoms with Crippen molar-refractivity contribution < 1.29 is 9.13 Å². The molecule has 2 rings (SSSR count). The third-order valence-corrected chi connectivity index (χ3v) is 4.00. The topological polar surface area (TPSA) is 21.3 Å². The third-order valence-electron chi connectivity index (χ3n) is 3.10. The second kappa shape index (κ2) is 8.15. The summed E-state index contributed by atoms with van der Waals surface area (Å²) in [6.45, 7) is 2.53. The number of hydrogen-bond donors (Lipinski definition) is 1. The predicted molar refractivity (Wildman–Crippen MR) is 82.5 cm³/mol. The van der Waals surface area contributed by atoms with Gasteiger partial charge in [-0.2, -0.15) is 0 Å². The molecule has 0 saturated heterocycles. The highest BCUT2D eigenvalue weighted by molar-refractivity contribution is 7.13. The Hall–Kier alpha value is -1.23. The average molecular weight is 293 g/mol. The summed E-state index contributed by atoms with van der Waals surface area (Å²) in [7, 11) is 1.72. The van der Waals surface area contributed by atoms with E-state index in [-0.39, 0.29) is 5.82 Å². The number of benzene rings is 1. The normalized spacial score (nSPS) is 10.9. The van der Waals surface area contributed by atoms with Crippen molar-refractivity contribution in [2.45, 2.75) is 19.4 Å². The molecule has 0 radical (unpaired) electrons. The fraction of sp³-hybridized carbons (Fsp3) is 0.375. The van der Waals surface area contributed by atoms with Crippen LogP contribution in [0.5, 0.6) is 0 Å². The van der Waals surface area contributed by atoms with Gasteiger partial charge in [-0.05, 0) is 48.5 Å². The Bertz CT molecular complexity index is 513. The van der Waals surface area contributed by atoms with E-state index in [1.807, 2.05) is 29.6 Å². The maximum Gasteiger partial charge on any atom is 0.131 e. The summed E-state index contributed by atoms with van der Waals surface area (Å²) in [5, 5.41) is 5.35. The monoisotopic (exact) mass is 293 g/mol. The molecule has 2 aromatic rings. The smallest absolute Gasteiger partial charge is 0.131 e. The molecule has 1 N–H and O–H groups in total. The molecule has 1 heterocycles. The van der Waals surface area contributed by atoms with Crippen molar-refractivity contribution in [3.05, 3.63) is 47.1 Å². The SMILES string of the molecule is COCCCCNCc1ccc(F)c(-c2cccs2)c1. The minimum atomic E-state index is -0.156. The van der Waals surface area contributed by atoms with Crippen LogP contribution in [0.4, 0.5) is 4.39 Å². The van der Waals surface area contributed by atoms with Crippen LogP contribution in [0.2, 0.25) is 0 Å². The standard InChI is InChI=1S/C16H20FNOS/c1-19-9-3-2-8-18-12-13-6-7-15(17)14(11-13)16-5-4-10-20-16/h4-7,10-11,18H,2-3,8-9,12H2,1H3. The molecule has 4 heteroatoms. The van der Waals surface area contributed by atoms with E-state index in [1.54, 1.807) is 24.5 Å². The van der Waals surface area contributed by atoms with Crippen LogP contribution in [0, 0.1) is 5.82 Å². The zero-order valence-electron chi connectivity index (χ0n) is 11.7. The van der Waals surface area contributed by atoms with Gasteiger partial charge in [-0.1, -0.05) is 12.1 Å². The lowest BCUT2D eigenvalue weighted by atomic mass is 10.1. The number of ether oxygens (including phenoxy) is 1. The Morgan fingerprint density at radius 3 is 2.90 bits per heavy atom. The Kier molecular flexibility index (Phi) is 6.18. The molecule has 0 aliphatic carbocycles. The maximum atomic E-state index is 13.8. The van der Waals surface area contributed by atoms with E-state index in [4.69, 9.17) is 4.74 Å². The van der Waals surface area contributed by atoms with Crippen LogP contribution in [0.1, 0.15) is 18.4 Å². The van der Waals surface area contributed by atoms with Gasteiger partial charge in [0.15, 0.2) is 0 Å². The van der Waals surface area contributed by atoms with Crippen LogP contribution < -0.4 is 5.32 Å². The van der Waals surface area contributed by atoms with Gasteiger partial charge in [0.1, 0.15) is 5.82 Å². The van der Waals surface area contributed by atoms with Crippen molar-refractivity contribution >= 4 is 11.3 Å². The lowest BCUT2D eigenvalue weighted by Crippen LogP contribution is -2.15. The van der Waals surface area contributed by atoms with Gasteiger partial charge in [-0.25, -0.2) is 4.39 Å². The number of rotatable bonds is 8. The van der Waals surface area contributed by atoms with Crippen molar-refractivity contribution in [2.75, 3.05) is 20.3 Å². The molecule has 0 spiro atoms. The number of methoxy groups -OCH3 is 1. The van der Waals surface area contributed by atoms with E-state index in [0.29, 0.717) is 5.56 Å². The van der Waals surface area contributed by atoms with Gasteiger partial charge in [0.25, 0.3) is 0 Å². The van der Waals surface area contributed by atoms with Crippen molar-refractivity contribution in [3.8, 4) is 10.4 Å². The number of hydrogen-bond acceptors (Lipinski definition) is 3. The molecule has 0 amide bonds. The molecule has 0 atom stereocenters. The lowest BCUT2D eigenvalue weighted by Gasteiger charge is -2.07. The Balaban J connectivity index is 1.88. The van der Waals surface area contributed by atoms with E-state index < -0.39 is 0 Å². The summed E-state index contributed by atoms with van der Waals surface area (Å²) < 4.78 is 18.8. The highest BCUT2D eigenvalue weighted by Crippen LogP contribution is 2.28. The van der Waals surface area contributed by atoms with Crippen LogP contribution in [-0.2, 0) is 11.3 Å². The average Bonchev–Trinajstić information content (AvgIpc) is 2.98. The summed E-state index contributed by atoms with van der Waals surface area (Å²) in [6, 6.07) is 9.22. The molecule has 0 aliphatic heterocycles. The first kappa shape index (κ1) is 15.2. The predicted octanol–water partition coefficient (Wildman–Crippen LogP) is 4.07. The first-order valence-corrected chi connectivity index (χ1v) is 7.71. The van der Waals surface area contributed by atoms with Gasteiger partial charge < -0.3 is 10.1 Å². The van der Waals surface area contributed by atoms with Gasteiger partial charge in [-0.3, -0.25) is 0 Å². The van der Waals surface area contributed by atoms with Crippen LogP contribution in [0.3, 0.4) is 0 Å². The van der Waals surface area contributed by atoms with Crippen molar-refractivity contribution in [1.82, 2.24) is 5.32 Å². The molecular formula is C16H20FNOS. The van der Waals surface area contributed by atoms with Crippen molar-refractivity contribution in [2.24, 2.45) is 0 Å². The highest BCUT2D eigenvalue weighted by Gasteiger charge is 2.07. The van der Waals surface area contributed by atoms with Gasteiger partial charge >= 0.3 is 0 Å². The first-order chi connectivity index (χ1) is 9.81. The zero-order chi connectivity index (χ0) is 14.2. The van der Waals surface area contributed by atoms with E-state index in [2.05, 4.69) is 5.32 Å². The molecule has 1 aromatic carbocycles. The van der Waals surface area contributed by atoms with Crippen LogP contribution in [0.25, 0.3) is 10.4 Å². The molecule has 0 unspecified atom stereocenters. The van der Waals surface area contributed by atoms with Gasteiger partial charge in [-0.15, -0.1) is 11.3 Å². The van der Waals surface area contributed by atoms with Gasteiger partial charge in [0, 0.05) is 30.7 Å². The second-order valence-electron chi connectivity index (χ2n) is 4.67. The third kappa shape index (κ3) is 4.40. The highest BCUT2D eigenvalue weighted by atomic mass is 32.1. The Morgan fingerprint density at radius 1 is 1.25 bits per heavy atom. The fourth-order valence-corrected chi connectivity index (χ4v) is 2.78. The largest absolute Gasteiger partial charge is 0.385 e. The van der Waals surface area contributed by atoms with E-state index in [0.717, 1.165) is 43.0 Å². The minimum absolute atomic E-state index is 0.156. The van der Waals surface area contributed by atoms with E-state index in [9.17, 15) is 4.39 Å². The summed E-state index contributed by atoms with van der Waals surface area (Å²) in [5.74, 6) is -0.156. The summed E-state index contributed by atoms with van der Waals surface area (Å²) in [6.07, 6.45) is 2.15. The summed E-state index contributed by atoms with van der Waals surface area (Å²) in [5.41, 5.74) is 1.81. The zero-order valence-corrected chi connectivity index (χ0v) is 12.5. The molecule has 0 saturated carbocycles. The summed E-state index contributed by atoms with van der Waals surface area (Å²) in [4.78, 5) is 0.976. The molecule has 0 aliphatic rings. The maximum absolute atomic E-state index is 13.8. The number of thiophene rings is 1. The summed E-state index contributed by atoms with van der Waals surface area (Å²) >= 11 is 1.56. The molecule has 0 bridgehead atoms. The van der Waals surface area contributed by atoms with Crippen molar-refractivity contribution in [1.29, 1.82) is 0 Å². The number of unbranched alkanes of at least 4 members (excludes halogenated alkanes) is 1. The molecule has 20 heavy (non-hydrogen) atoms. The molecular weight excluding hydrogens is 273 g/mol. The van der Waals surface area contributed by atoms with Crippen LogP contribution in [0.15, 0.2) is 35.7 Å². The molecule has 0 fully saturated rings. The van der Waals surface area contributed by atoms with E-state index in [1.165, 1.54) is 0 Å². The van der Waals surface area contributed by atoms with Crippen LogP contribution >= 0.6 is 11.3 Å². The second-order valence-corrected chi connectivity index (χ2v) is 5.62. The fourth-order valence-electron chi connectivity index (χ4n) is 2.03. The van der Waals surface area contributed by atoms with Crippen LogP contribution in [-0.4, -0.2) is 20.3 Å². The Labute approximate surface area is 123 Å². The van der Waals surface area contributed by atoms with Gasteiger partial charge in [0.2, 0.25) is 0 Å². The quantitative estimate of drug-likeness (QED) is 0.741.